The molecule has 0 unspecified atom stereocenters. The van der Waals surface area contributed by atoms with Gasteiger partial charge in [-0.05, 0) is 50.1 Å². The van der Waals surface area contributed by atoms with Crippen LogP contribution in [0.25, 0.3) is 0 Å². The van der Waals surface area contributed by atoms with E-state index in [0.717, 1.165) is 0 Å². The molecule has 0 aromatic heterocycles. The first-order valence-corrected chi connectivity index (χ1v) is 10.1. The number of nitriles is 1. The van der Waals surface area contributed by atoms with E-state index in [9.17, 15) is 14.4 Å². The topological polar surface area (TPSA) is 112 Å². The monoisotopic (exact) mass is 420 g/mol. The summed E-state index contributed by atoms with van der Waals surface area (Å²) in [5.74, 6) is -1.28. The molecular weight excluding hydrogens is 396 g/mol. The maximum Gasteiger partial charge on any atom is 0.321 e. The van der Waals surface area contributed by atoms with Gasteiger partial charge in [-0.15, -0.1) is 0 Å². The van der Waals surface area contributed by atoms with Gasteiger partial charge in [0, 0.05) is 24.5 Å². The van der Waals surface area contributed by atoms with Gasteiger partial charge in [-0.1, -0.05) is 24.3 Å². The second kappa shape index (κ2) is 10.3. The molecule has 0 aliphatic carbocycles. The van der Waals surface area contributed by atoms with Crippen molar-refractivity contribution in [3.05, 3.63) is 60.2 Å². The van der Waals surface area contributed by atoms with Gasteiger partial charge >= 0.3 is 12.0 Å². The minimum absolute atomic E-state index is 0.203. The number of nitrogens with one attached hydrogen (secondary N) is 2. The van der Waals surface area contributed by atoms with Gasteiger partial charge < -0.3 is 20.3 Å². The molecule has 2 N–H and O–H groups in total. The molecule has 0 spiro atoms. The van der Waals surface area contributed by atoms with Crippen LogP contribution in [0, 0.1) is 17.2 Å². The van der Waals surface area contributed by atoms with Crippen LogP contribution in [0.4, 0.5) is 16.2 Å². The van der Waals surface area contributed by atoms with Crippen molar-refractivity contribution in [2.24, 2.45) is 5.92 Å². The SMILES string of the molecule is C[C@H](OC(=O)C1CCN(C(=O)Nc2ccccc2)CC1)C(=O)Nc1cccc(C#N)c1. The first-order chi connectivity index (χ1) is 15.0. The number of nitrogens with zero attached hydrogens (tertiary/aromatic N) is 2. The molecular formula is C23H24N4O4. The predicted octanol–water partition coefficient (Wildman–Crippen LogP) is 3.37. The van der Waals surface area contributed by atoms with Crippen molar-refractivity contribution < 1.29 is 19.1 Å². The molecule has 2 aromatic carbocycles. The smallest absolute Gasteiger partial charge is 0.321 e. The number of ether oxygens (including phenoxy) is 1. The van der Waals surface area contributed by atoms with Gasteiger partial charge in [-0.3, -0.25) is 9.59 Å². The molecule has 1 saturated heterocycles. The number of anilines is 2. The molecule has 1 aliphatic heterocycles. The summed E-state index contributed by atoms with van der Waals surface area (Å²) in [7, 11) is 0. The molecule has 3 amide bonds. The number of rotatable bonds is 5. The molecule has 3 rings (SSSR count). The fourth-order valence-corrected chi connectivity index (χ4v) is 3.28. The zero-order valence-corrected chi connectivity index (χ0v) is 17.2. The molecule has 1 heterocycles. The lowest BCUT2D eigenvalue weighted by molar-refractivity contribution is -0.158. The first-order valence-electron chi connectivity index (χ1n) is 10.1. The number of carbonyl (C=O) groups is 3. The summed E-state index contributed by atoms with van der Waals surface area (Å²) in [6, 6.07) is 17.5. The lowest BCUT2D eigenvalue weighted by Gasteiger charge is -2.31. The Labute approximate surface area is 180 Å². The van der Waals surface area contributed by atoms with Crippen LogP contribution in [0.15, 0.2) is 54.6 Å². The number of hydrogen-bond donors (Lipinski definition) is 2. The summed E-state index contributed by atoms with van der Waals surface area (Å²) in [5.41, 5.74) is 1.60. The highest BCUT2D eigenvalue weighted by Gasteiger charge is 2.30. The zero-order chi connectivity index (χ0) is 22.2. The van der Waals surface area contributed by atoms with Crippen LogP contribution in [0.1, 0.15) is 25.3 Å². The van der Waals surface area contributed by atoms with Crippen LogP contribution in [-0.2, 0) is 14.3 Å². The van der Waals surface area contributed by atoms with Crippen molar-refractivity contribution in [3.8, 4) is 6.07 Å². The fraction of sp³-hybridized carbons (Fsp3) is 0.304. The third kappa shape index (κ3) is 6.06. The van der Waals surface area contributed by atoms with E-state index in [-0.39, 0.29) is 11.9 Å². The molecule has 31 heavy (non-hydrogen) atoms. The number of esters is 1. The lowest BCUT2D eigenvalue weighted by atomic mass is 9.97. The minimum atomic E-state index is -0.974. The quantitative estimate of drug-likeness (QED) is 0.721. The molecule has 0 bridgehead atoms. The fourth-order valence-electron chi connectivity index (χ4n) is 3.28. The van der Waals surface area contributed by atoms with E-state index in [1.807, 2.05) is 36.4 Å². The van der Waals surface area contributed by atoms with E-state index < -0.39 is 18.0 Å². The molecule has 1 fully saturated rings. The number of para-hydroxylation sites is 1. The summed E-state index contributed by atoms with van der Waals surface area (Å²) < 4.78 is 5.34. The Morgan fingerprint density at radius 3 is 2.39 bits per heavy atom. The Kier molecular flexibility index (Phi) is 7.22. The van der Waals surface area contributed by atoms with Gasteiger partial charge in [-0.2, -0.15) is 5.26 Å². The van der Waals surface area contributed by atoms with Gasteiger partial charge in [0.15, 0.2) is 6.10 Å². The standard InChI is InChI=1S/C23H24N4O4/c1-16(21(28)25-20-9-5-6-17(14-20)15-24)31-22(29)18-10-12-27(13-11-18)23(30)26-19-7-3-2-4-8-19/h2-9,14,16,18H,10-13H2,1H3,(H,25,28)(H,26,30)/t16-/m0/s1. The molecule has 0 radical (unpaired) electrons. The van der Waals surface area contributed by atoms with E-state index in [0.29, 0.717) is 42.9 Å². The zero-order valence-electron chi connectivity index (χ0n) is 17.2. The van der Waals surface area contributed by atoms with E-state index in [2.05, 4.69) is 10.6 Å². The van der Waals surface area contributed by atoms with Crippen LogP contribution in [0.2, 0.25) is 0 Å². The molecule has 1 aliphatic rings. The van der Waals surface area contributed by atoms with Crippen molar-refractivity contribution >= 4 is 29.3 Å². The predicted molar refractivity (Wildman–Crippen MR) is 115 cm³/mol. The average molecular weight is 420 g/mol. The number of hydrogen-bond acceptors (Lipinski definition) is 5. The van der Waals surface area contributed by atoms with Crippen LogP contribution in [0.3, 0.4) is 0 Å². The number of urea groups is 1. The van der Waals surface area contributed by atoms with E-state index in [4.69, 9.17) is 10.00 Å². The Bertz CT molecular complexity index is 979. The van der Waals surface area contributed by atoms with Crippen molar-refractivity contribution in [2.75, 3.05) is 23.7 Å². The molecule has 8 nitrogen and oxygen atoms in total. The van der Waals surface area contributed by atoms with Crippen molar-refractivity contribution in [2.45, 2.75) is 25.9 Å². The van der Waals surface area contributed by atoms with Gasteiger partial charge in [0.1, 0.15) is 0 Å². The van der Waals surface area contributed by atoms with Gasteiger partial charge in [0.25, 0.3) is 5.91 Å². The number of piperidine rings is 1. The van der Waals surface area contributed by atoms with E-state index in [1.54, 1.807) is 29.2 Å². The summed E-state index contributed by atoms with van der Waals surface area (Å²) in [4.78, 5) is 38.8. The highest BCUT2D eigenvalue weighted by molar-refractivity contribution is 5.95. The molecule has 1 atom stereocenters. The summed E-state index contributed by atoms with van der Waals surface area (Å²) in [6.45, 7) is 2.36. The second-order valence-electron chi connectivity index (χ2n) is 7.32. The van der Waals surface area contributed by atoms with Gasteiger partial charge in [0.2, 0.25) is 0 Å². The lowest BCUT2D eigenvalue weighted by Crippen LogP contribution is -2.43. The van der Waals surface area contributed by atoms with Crippen molar-refractivity contribution in [1.82, 2.24) is 4.90 Å². The van der Waals surface area contributed by atoms with E-state index >= 15 is 0 Å². The maximum atomic E-state index is 12.5. The number of benzene rings is 2. The third-order valence-electron chi connectivity index (χ3n) is 5.06. The number of amides is 3. The van der Waals surface area contributed by atoms with Crippen LogP contribution in [0.5, 0.6) is 0 Å². The van der Waals surface area contributed by atoms with Crippen molar-refractivity contribution in [1.29, 1.82) is 5.26 Å². The number of carbonyl (C=O) groups excluding carboxylic acids is 3. The number of likely N-dealkylation sites (tertiary alicyclic amines) is 1. The highest BCUT2D eigenvalue weighted by atomic mass is 16.5. The Hall–Kier alpha value is -3.86. The third-order valence-corrected chi connectivity index (χ3v) is 5.06. The maximum absolute atomic E-state index is 12.5. The summed E-state index contributed by atoms with van der Waals surface area (Å²) in [6.07, 6.45) is -0.0308. The Morgan fingerprint density at radius 1 is 1.03 bits per heavy atom. The van der Waals surface area contributed by atoms with Crippen LogP contribution < -0.4 is 10.6 Å². The Balaban J connectivity index is 1.45. The summed E-state index contributed by atoms with van der Waals surface area (Å²) >= 11 is 0. The van der Waals surface area contributed by atoms with Gasteiger partial charge in [0.05, 0.1) is 17.6 Å². The summed E-state index contributed by atoms with van der Waals surface area (Å²) in [5, 5.41) is 14.4. The molecule has 0 saturated carbocycles. The van der Waals surface area contributed by atoms with Crippen molar-refractivity contribution in [3.63, 3.8) is 0 Å². The molecule has 160 valence electrons. The normalized spacial score (nSPS) is 14.8. The minimum Gasteiger partial charge on any atom is -0.452 e. The highest BCUT2D eigenvalue weighted by Crippen LogP contribution is 2.21. The van der Waals surface area contributed by atoms with Crippen LogP contribution in [-0.4, -0.2) is 42.0 Å². The van der Waals surface area contributed by atoms with E-state index in [1.165, 1.54) is 6.92 Å². The van der Waals surface area contributed by atoms with Crippen LogP contribution >= 0.6 is 0 Å². The molecule has 2 aromatic rings. The average Bonchev–Trinajstić information content (AvgIpc) is 2.79. The largest absolute Gasteiger partial charge is 0.452 e. The first kappa shape index (κ1) is 21.8. The van der Waals surface area contributed by atoms with Gasteiger partial charge in [-0.25, -0.2) is 4.79 Å². The Morgan fingerprint density at radius 2 is 1.71 bits per heavy atom. The second-order valence-corrected chi connectivity index (χ2v) is 7.32. The molecule has 8 heteroatoms.